The molecule has 1 aliphatic heterocycles. The van der Waals surface area contributed by atoms with Crippen LogP contribution in [0.1, 0.15) is 23.1 Å². The summed E-state index contributed by atoms with van der Waals surface area (Å²) in [5.74, 6) is 2.67. The van der Waals surface area contributed by atoms with Crippen molar-refractivity contribution >= 4 is 0 Å². The van der Waals surface area contributed by atoms with Crippen LogP contribution < -0.4 is 4.74 Å². The second-order valence-corrected chi connectivity index (χ2v) is 12.9. The van der Waals surface area contributed by atoms with Crippen molar-refractivity contribution in [3.05, 3.63) is 186 Å². The van der Waals surface area contributed by atoms with Crippen molar-refractivity contribution in [1.29, 1.82) is 0 Å². The van der Waals surface area contributed by atoms with Crippen LogP contribution in [0.4, 0.5) is 0 Å². The van der Waals surface area contributed by atoms with Crippen LogP contribution >= 0.6 is 0 Å². The number of hydrogen-bond acceptors (Lipinski definition) is 5. The lowest BCUT2D eigenvalue weighted by Gasteiger charge is -2.45. The highest BCUT2D eigenvalue weighted by atomic mass is 16.5. The van der Waals surface area contributed by atoms with E-state index in [1.807, 2.05) is 48.5 Å². The van der Waals surface area contributed by atoms with Crippen LogP contribution in [-0.4, -0.2) is 26.0 Å². The van der Waals surface area contributed by atoms with Crippen LogP contribution in [0.2, 0.25) is 0 Å². The molecule has 5 heteroatoms. The highest BCUT2D eigenvalue weighted by molar-refractivity contribution is 5.88. The summed E-state index contributed by atoms with van der Waals surface area (Å²) in [6.07, 6.45) is 9.26. The van der Waals surface area contributed by atoms with E-state index in [2.05, 4.69) is 114 Å². The Labute approximate surface area is 290 Å². The zero-order chi connectivity index (χ0) is 33.1. The summed E-state index contributed by atoms with van der Waals surface area (Å²) in [4.78, 5) is 19.3. The molecular formula is C45H30N4O. The SMILES string of the molecule is C1=CCC2Oc3ccc(-c4cccc(-c5nc(-c6ccccc6)nc(-c6ccccn6)n5)c4)cc3C3(C2=C1)c1ccccc1-c1ccccc13. The van der Waals surface area contributed by atoms with Crippen molar-refractivity contribution in [1.82, 2.24) is 19.9 Å². The normalized spacial score (nSPS) is 16.1. The average Bonchev–Trinajstić information content (AvgIpc) is 3.49. The van der Waals surface area contributed by atoms with Gasteiger partial charge < -0.3 is 4.74 Å². The molecule has 0 N–H and O–H groups in total. The van der Waals surface area contributed by atoms with E-state index in [0.717, 1.165) is 34.4 Å². The van der Waals surface area contributed by atoms with Gasteiger partial charge in [0, 0.05) is 29.3 Å². The van der Waals surface area contributed by atoms with Crippen molar-refractivity contribution < 1.29 is 4.74 Å². The quantitative estimate of drug-likeness (QED) is 0.191. The van der Waals surface area contributed by atoms with Gasteiger partial charge in [-0.25, -0.2) is 15.0 Å². The van der Waals surface area contributed by atoms with Crippen molar-refractivity contribution in [2.24, 2.45) is 0 Å². The molecule has 2 aromatic heterocycles. The summed E-state index contributed by atoms with van der Waals surface area (Å²) >= 11 is 0. The van der Waals surface area contributed by atoms with E-state index in [4.69, 9.17) is 19.7 Å². The van der Waals surface area contributed by atoms with Gasteiger partial charge in [0.05, 0.1) is 5.41 Å². The Bertz CT molecular complexity index is 2400. The van der Waals surface area contributed by atoms with Crippen molar-refractivity contribution in [2.45, 2.75) is 17.9 Å². The van der Waals surface area contributed by atoms with Crippen molar-refractivity contribution in [2.75, 3.05) is 0 Å². The Balaban J connectivity index is 1.15. The first-order valence-corrected chi connectivity index (χ1v) is 17.0. The van der Waals surface area contributed by atoms with Crippen molar-refractivity contribution in [3.63, 3.8) is 0 Å². The van der Waals surface area contributed by atoms with Gasteiger partial charge in [-0.2, -0.15) is 0 Å². The first-order chi connectivity index (χ1) is 24.8. The molecule has 0 saturated carbocycles. The summed E-state index contributed by atoms with van der Waals surface area (Å²) in [5, 5.41) is 0. The number of pyridine rings is 1. The van der Waals surface area contributed by atoms with Crippen LogP contribution in [-0.2, 0) is 5.41 Å². The summed E-state index contributed by atoms with van der Waals surface area (Å²) < 4.78 is 6.79. The zero-order valence-electron chi connectivity index (χ0n) is 27.1. The molecule has 3 aliphatic rings. The molecule has 1 atom stereocenters. The lowest BCUT2D eigenvalue weighted by atomic mass is 9.63. The largest absolute Gasteiger partial charge is 0.485 e. The second kappa shape index (κ2) is 11.3. The molecule has 0 amide bonds. The van der Waals surface area contributed by atoms with E-state index < -0.39 is 5.41 Å². The van der Waals surface area contributed by atoms with Crippen LogP contribution in [0.3, 0.4) is 0 Å². The Morgan fingerprint density at radius 3 is 1.98 bits per heavy atom. The highest BCUT2D eigenvalue weighted by Crippen LogP contribution is 2.61. The highest BCUT2D eigenvalue weighted by Gasteiger charge is 2.53. The lowest BCUT2D eigenvalue weighted by Crippen LogP contribution is -2.42. The number of fused-ring (bicyclic) bond motifs is 9. The maximum Gasteiger partial charge on any atom is 0.182 e. The summed E-state index contributed by atoms with van der Waals surface area (Å²) in [5.41, 5.74) is 11.9. The maximum absolute atomic E-state index is 6.79. The maximum atomic E-state index is 6.79. The van der Waals surface area contributed by atoms with E-state index in [-0.39, 0.29) is 6.10 Å². The fraction of sp³-hybridized carbons (Fsp3) is 0.0667. The third-order valence-corrected chi connectivity index (χ3v) is 10.2. The van der Waals surface area contributed by atoms with Crippen LogP contribution in [0.5, 0.6) is 5.75 Å². The van der Waals surface area contributed by atoms with Gasteiger partial charge in [0.1, 0.15) is 17.5 Å². The predicted molar refractivity (Wildman–Crippen MR) is 197 cm³/mol. The first kappa shape index (κ1) is 28.5. The van der Waals surface area contributed by atoms with E-state index in [9.17, 15) is 0 Å². The second-order valence-electron chi connectivity index (χ2n) is 12.9. The predicted octanol–water partition coefficient (Wildman–Crippen LogP) is 9.90. The van der Waals surface area contributed by atoms with Gasteiger partial charge in [-0.3, -0.25) is 4.98 Å². The lowest BCUT2D eigenvalue weighted by molar-refractivity contribution is 0.205. The molecular weight excluding hydrogens is 613 g/mol. The Morgan fingerprint density at radius 2 is 1.20 bits per heavy atom. The molecule has 0 bridgehead atoms. The van der Waals surface area contributed by atoms with Gasteiger partial charge >= 0.3 is 0 Å². The number of benzene rings is 5. The number of rotatable bonds is 4. The molecule has 0 saturated heterocycles. The van der Waals surface area contributed by atoms with Gasteiger partial charge in [0.25, 0.3) is 0 Å². The van der Waals surface area contributed by atoms with Gasteiger partial charge in [0.2, 0.25) is 0 Å². The standard InChI is InChI=1S/C45H30N4O/c1-2-13-29(14-3-1)42-47-43(49-44(48-42)39-22-10-11-26-46-39)32-16-12-15-30(27-32)31-24-25-41-38(28-31)45(37-21-8-9-23-40(37)50-41)35-19-6-4-17-33(35)34-18-5-7-20-36(34)45/h1-22,24-28,40H,23H2. The molecule has 2 aliphatic carbocycles. The topological polar surface area (TPSA) is 60.8 Å². The molecule has 0 fully saturated rings. The van der Waals surface area contributed by atoms with Crippen molar-refractivity contribution in [3.8, 4) is 62.3 Å². The van der Waals surface area contributed by atoms with Gasteiger partial charge in [-0.15, -0.1) is 0 Å². The molecule has 1 unspecified atom stereocenters. The van der Waals surface area contributed by atoms with Gasteiger partial charge in [0.15, 0.2) is 17.5 Å². The summed E-state index contributed by atoms with van der Waals surface area (Å²) in [6, 6.07) is 48.7. The smallest absolute Gasteiger partial charge is 0.182 e. The number of hydrogen-bond donors (Lipinski definition) is 0. The molecule has 7 aromatic rings. The number of allylic oxidation sites excluding steroid dienone is 2. The third-order valence-electron chi connectivity index (χ3n) is 10.2. The van der Waals surface area contributed by atoms with Crippen LogP contribution in [0.25, 0.3) is 56.5 Å². The molecule has 0 radical (unpaired) electrons. The Kier molecular flexibility index (Phi) is 6.46. The molecule has 5 aromatic carbocycles. The van der Waals surface area contributed by atoms with E-state index in [0.29, 0.717) is 23.2 Å². The fourth-order valence-corrected chi connectivity index (χ4v) is 8.01. The minimum Gasteiger partial charge on any atom is -0.485 e. The van der Waals surface area contributed by atoms with Gasteiger partial charge in [-0.05, 0) is 69.3 Å². The van der Waals surface area contributed by atoms with Crippen LogP contribution in [0, 0.1) is 0 Å². The molecule has 3 heterocycles. The number of ether oxygens (including phenoxy) is 1. The Hall–Kier alpha value is -6.46. The number of aromatic nitrogens is 4. The number of nitrogens with zero attached hydrogens (tertiary/aromatic N) is 4. The minimum absolute atomic E-state index is 0.0307. The third kappa shape index (κ3) is 4.33. The summed E-state index contributed by atoms with van der Waals surface area (Å²) in [6.45, 7) is 0. The van der Waals surface area contributed by atoms with Crippen LogP contribution in [0.15, 0.2) is 170 Å². The first-order valence-electron chi connectivity index (χ1n) is 17.0. The Morgan fingerprint density at radius 1 is 0.540 bits per heavy atom. The molecule has 236 valence electrons. The molecule has 5 nitrogen and oxygen atoms in total. The van der Waals surface area contributed by atoms with E-state index in [1.54, 1.807) is 6.20 Å². The van der Waals surface area contributed by atoms with E-state index in [1.165, 1.54) is 33.4 Å². The van der Waals surface area contributed by atoms with E-state index >= 15 is 0 Å². The minimum atomic E-state index is -0.458. The molecule has 50 heavy (non-hydrogen) atoms. The molecule has 1 spiro atoms. The monoisotopic (exact) mass is 642 g/mol. The zero-order valence-corrected chi connectivity index (χ0v) is 27.1. The average molecular weight is 643 g/mol. The summed E-state index contributed by atoms with van der Waals surface area (Å²) in [7, 11) is 0. The fourth-order valence-electron chi connectivity index (χ4n) is 8.01. The molecule has 10 rings (SSSR count). The van der Waals surface area contributed by atoms with Gasteiger partial charge in [-0.1, -0.05) is 127 Å².